The van der Waals surface area contributed by atoms with Crippen LogP contribution in [0.25, 0.3) is 0 Å². The zero-order valence-electron chi connectivity index (χ0n) is 12.1. The summed E-state index contributed by atoms with van der Waals surface area (Å²) in [7, 11) is 0. The standard InChI is InChI=1S/C14H23O3PS/c1-5-15-18(19,16-6-2)17-11-13-7-9-14(10-8-13)12(3)4/h7-10,12H,5-6,11H2,1-4H3. The molecular weight excluding hydrogens is 279 g/mol. The van der Waals surface area contributed by atoms with Crippen LogP contribution in [0.15, 0.2) is 24.3 Å². The van der Waals surface area contributed by atoms with E-state index >= 15 is 0 Å². The molecule has 5 heteroatoms. The van der Waals surface area contributed by atoms with Gasteiger partial charge in [-0.2, -0.15) is 0 Å². The predicted molar refractivity (Wildman–Crippen MR) is 82.9 cm³/mol. The monoisotopic (exact) mass is 302 g/mol. The summed E-state index contributed by atoms with van der Waals surface area (Å²) in [5.74, 6) is 0.535. The maximum absolute atomic E-state index is 5.68. The van der Waals surface area contributed by atoms with E-state index in [0.29, 0.717) is 25.7 Å². The van der Waals surface area contributed by atoms with Crippen molar-refractivity contribution in [3.05, 3.63) is 35.4 Å². The van der Waals surface area contributed by atoms with Crippen molar-refractivity contribution < 1.29 is 13.6 Å². The van der Waals surface area contributed by atoms with Gasteiger partial charge >= 0.3 is 6.72 Å². The average molecular weight is 302 g/mol. The molecule has 0 fully saturated rings. The highest BCUT2D eigenvalue weighted by molar-refractivity contribution is 8.07. The average Bonchev–Trinajstić information content (AvgIpc) is 2.37. The first-order chi connectivity index (χ1) is 9.00. The molecule has 0 bridgehead atoms. The van der Waals surface area contributed by atoms with E-state index in [-0.39, 0.29) is 0 Å². The van der Waals surface area contributed by atoms with Crippen LogP contribution in [0.2, 0.25) is 0 Å². The summed E-state index contributed by atoms with van der Waals surface area (Å²) < 4.78 is 16.5. The lowest BCUT2D eigenvalue weighted by Gasteiger charge is -2.20. The van der Waals surface area contributed by atoms with Crippen molar-refractivity contribution in [2.45, 2.75) is 40.2 Å². The van der Waals surface area contributed by atoms with E-state index in [2.05, 4.69) is 38.1 Å². The van der Waals surface area contributed by atoms with Crippen molar-refractivity contribution in [1.82, 2.24) is 0 Å². The molecule has 0 amide bonds. The van der Waals surface area contributed by atoms with Crippen molar-refractivity contribution in [2.75, 3.05) is 13.2 Å². The Labute approximate surface area is 121 Å². The molecule has 19 heavy (non-hydrogen) atoms. The maximum atomic E-state index is 5.68. The van der Waals surface area contributed by atoms with Crippen LogP contribution >= 0.6 is 6.72 Å². The Kier molecular flexibility index (Phi) is 7.19. The van der Waals surface area contributed by atoms with Crippen LogP contribution in [-0.4, -0.2) is 13.2 Å². The Morgan fingerprint density at radius 2 is 1.53 bits per heavy atom. The van der Waals surface area contributed by atoms with E-state index in [9.17, 15) is 0 Å². The van der Waals surface area contributed by atoms with E-state index in [1.807, 2.05) is 13.8 Å². The summed E-state index contributed by atoms with van der Waals surface area (Å²) in [6.07, 6.45) is 0. The van der Waals surface area contributed by atoms with Crippen LogP contribution < -0.4 is 0 Å². The fourth-order valence-electron chi connectivity index (χ4n) is 1.58. The maximum Gasteiger partial charge on any atom is 0.327 e. The molecule has 0 radical (unpaired) electrons. The number of hydrogen-bond acceptors (Lipinski definition) is 4. The number of rotatable bonds is 8. The lowest BCUT2D eigenvalue weighted by atomic mass is 10.0. The molecule has 0 aromatic heterocycles. The minimum atomic E-state index is -2.58. The van der Waals surface area contributed by atoms with Crippen molar-refractivity contribution in [3.63, 3.8) is 0 Å². The third kappa shape index (κ3) is 5.72. The predicted octanol–water partition coefficient (Wildman–Crippen LogP) is 4.62. The molecule has 0 heterocycles. The van der Waals surface area contributed by atoms with Gasteiger partial charge in [0, 0.05) is 0 Å². The van der Waals surface area contributed by atoms with Crippen LogP contribution in [-0.2, 0) is 32.0 Å². The highest BCUT2D eigenvalue weighted by Gasteiger charge is 2.19. The van der Waals surface area contributed by atoms with Gasteiger partial charge in [-0.15, -0.1) is 0 Å². The van der Waals surface area contributed by atoms with Gasteiger partial charge in [-0.1, -0.05) is 38.1 Å². The molecule has 0 unspecified atom stereocenters. The van der Waals surface area contributed by atoms with Crippen LogP contribution in [0, 0.1) is 0 Å². The van der Waals surface area contributed by atoms with Gasteiger partial charge in [0.1, 0.15) is 0 Å². The Morgan fingerprint density at radius 1 is 1.00 bits per heavy atom. The molecule has 0 aliphatic heterocycles. The van der Waals surface area contributed by atoms with Gasteiger partial charge in [0.2, 0.25) is 0 Å². The third-order valence-corrected chi connectivity index (χ3v) is 5.15. The largest absolute Gasteiger partial charge is 0.327 e. The fraction of sp³-hybridized carbons (Fsp3) is 0.571. The minimum absolute atomic E-state index is 0.426. The van der Waals surface area contributed by atoms with Gasteiger partial charge in [-0.3, -0.25) is 0 Å². The first-order valence-corrected chi connectivity index (χ1v) is 9.18. The molecule has 1 aromatic rings. The molecule has 0 aliphatic rings. The number of hydrogen-bond donors (Lipinski definition) is 0. The molecule has 3 nitrogen and oxygen atoms in total. The van der Waals surface area contributed by atoms with Crippen LogP contribution in [0.1, 0.15) is 44.7 Å². The first kappa shape index (κ1) is 16.8. The second-order valence-corrected chi connectivity index (χ2v) is 7.46. The van der Waals surface area contributed by atoms with Crippen LogP contribution in [0.3, 0.4) is 0 Å². The molecule has 0 spiro atoms. The lowest BCUT2D eigenvalue weighted by molar-refractivity contribution is 0.161. The molecule has 0 N–H and O–H groups in total. The van der Waals surface area contributed by atoms with Crippen LogP contribution in [0.4, 0.5) is 0 Å². The summed E-state index contributed by atoms with van der Waals surface area (Å²) in [4.78, 5) is 0. The lowest BCUT2D eigenvalue weighted by Crippen LogP contribution is -2.00. The van der Waals surface area contributed by atoms with E-state index in [4.69, 9.17) is 25.4 Å². The van der Waals surface area contributed by atoms with E-state index in [0.717, 1.165) is 5.56 Å². The highest BCUT2D eigenvalue weighted by Crippen LogP contribution is 2.50. The quantitative estimate of drug-likeness (QED) is 0.655. The second-order valence-electron chi connectivity index (χ2n) is 4.45. The summed E-state index contributed by atoms with van der Waals surface area (Å²) in [6, 6.07) is 8.36. The molecule has 1 aromatic carbocycles. The van der Waals surface area contributed by atoms with Crippen molar-refractivity contribution in [2.24, 2.45) is 0 Å². The number of benzene rings is 1. The van der Waals surface area contributed by atoms with E-state index in [1.165, 1.54) is 5.56 Å². The summed E-state index contributed by atoms with van der Waals surface area (Å²) in [5.41, 5.74) is 2.40. The zero-order chi connectivity index (χ0) is 14.3. The molecule has 0 saturated carbocycles. The SMILES string of the molecule is CCOP(=S)(OCC)OCc1ccc(C(C)C)cc1. The Balaban J connectivity index is 2.61. The second kappa shape index (κ2) is 8.13. The Morgan fingerprint density at radius 3 is 1.95 bits per heavy atom. The normalized spacial score (nSPS) is 12.1. The van der Waals surface area contributed by atoms with Crippen molar-refractivity contribution in [3.8, 4) is 0 Å². The first-order valence-electron chi connectivity index (χ1n) is 6.63. The van der Waals surface area contributed by atoms with Gasteiger partial charge in [-0.05, 0) is 42.7 Å². The van der Waals surface area contributed by atoms with E-state index in [1.54, 1.807) is 0 Å². The minimum Gasteiger partial charge on any atom is -0.309 e. The van der Waals surface area contributed by atoms with Gasteiger partial charge in [0.15, 0.2) is 0 Å². The zero-order valence-corrected chi connectivity index (χ0v) is 13.8. The molecule has 1 rings (SSSR count). The molecule has 108 valence electrons. The van der Waals surface area contributed by atoms with Gasteiger partial charge in [0.05, 0.1) is 19.8 Å². The van der Waals surface area contributed by atoms with Crippen molar-refractivity contribution in [1.29, 1.82) is 0 Å². The Hall–Kier alpha value is -0.250. The fourth-order valence-corrected chi connectivity index (χ4v) is 3.53. The highest BCUT2D eigenvalue weighted by atomic mass is 32.5. The van der Waals surface area contributed by atoms with Crippen molar-refractivity contribution >= 4 is 18.5 Å². The molecule has 0 saturated heterocycles. The topological polar surface area (TPSA) is 27.7 Å². The summed E-state index contributed by atoms with van der Waals surface area (Å²) in [5, 5.41) is 0. The van der Waals surface area contributed by atoms with Crippen LogP contribution in [0.5, 0.6) is 0 Å². The summed E-state index contributed by atoms with van der Waals surface area (Å²) >= 11 is 5.31. The van der Waals surface area contributed by atoms with Gasteiger partial charge in [0.25, 0.3) is 0 Å². The smallest absolute Gasteiger partial charge is 0.309 e. The molecule has 0 atom stereocenters. The third-order valence-electron chi connectivity index (χ3n) is 2.61. The van der Waals surface area contributed by atoms with E-state index < -0.39 is 6.72 Å². The Bertz CT molecular complexity index is 407. The molecular formula is C14H23O3PS. The molecule has 0 aliphatic carbocycles. The summed E-state index contributed by atoms with van der Waals surface area (Å²) in [6.45, 7) is 6.98. The van der Waals surface area contributed by atoms with Gasteiger partial charge in [-0.25, -0.2) is 0 Å². The van der Waals surface area contributed by atoms with Gasteiger partial charge < -0.3 is 13.6 Å².